The van der Waals surface area contributed by atoms with Crippen molar-refractivity contribution in [3.05, 3.63) is 51.3 Å². The molecule has 3 aromatic rings. The maximum atomic E-state index is 13.9. The molecule has 9 nitrogen and oxygen atoms in total. The number of nitrogens with zero attached hydrogens (tertiary/aromatic N) is 3. The van der Waals surface area contributed by atoms with Crippen LogP contribution >= 0.6 is 0 Å². The Morgan fingerprint density at radius 3 is 2.55 bits per heavy atom. The lowest BCUT2D eigenvalue weighted by atomic mass is 9.81. The molecule has 1 aliphatic carbocycles. The normalized spacial score (nSPS) is 17.7. The van der Waals surface area contributed by atoms with Crippen molar-refractivity contribution in [2.24, 2.45) is 5.73 Å². The number of benzene rings is 1. The van der Waals surface area contributed by atoms with Crippen molar-refractivity contribution in [2.45, 2.75) is 18.5 Å². The molecule has 0 bridgehead atoms. The van der Waals surface area contributed by atoms with E-state index in [0.29, 0.717) is 48.3 Å². The minimum Gasteiger partial charge on any atom is -0.496 e. The van der Waals surface area contributed by atoms with Crippen LogP contribution in [-0.2, 0) is 12.1 Å². The van der Waals surface area contributed by atoms with Gasteiger partial charge in [0.05, 0.1) is 53.5 Å². The first kappa shape index (κ1) is 23.5. The van der Waals surface area contributed by atoms with Gasteiger partial charge < -0.3 is 25.6 Å². The van der Waals surface area contributed by atoms with E-state index in [-0.39, 0.29) is 18.6 Å². The number of aromatic amines is 1. The SMILES string of the molecule is COc1cccc2c1c(=O)c1c3c(c(CN(CCO)CCO)[nH]n32)C=CC1(N)CCN(C)C. The molecule has 2 heterocycles. The zero-order chi connectivity index (χ0) is 23.8. The topological polar surface area (TPSA) is 119 Å². The van der Waals surface area contributed by atoms with Crippen molar-refractivity contribution in [1.82, 2.24) is 19.4 Å². The number of aromatic nitrogens is 2. The number of methoxy groups -OCH3 is 1. The third kappa shape index (κ3) is 4.07. The summed E-state index contributed by atoms with van der Waals surface area (Å²) in [7, 11) is 5.53. The molecular formula is C24H33N5O4. The van der Waals surface area contributed by atoms with E-state index in [9.17, 15) is 15.0 Å². The van der Waals surface area contributed by atoms with Crippen LogP contribution in [0.5, 0.6) is 5.75 Å². The van der Waals surface area contributed by atoms with Gasteiger partial charge in [-0.25, -0.2) is 0 Å². The Balaban J connectivity index is 2.01. The predicted octanol–water partition coefficient (Wildman–Crippen LogP) is 0.709. The first-order chi connectivity index (χ1) is 15.8. The minimum absolute atomic E-state index is 0.00885. The van der Waals surface area contributed by atoms with Gasteiger partial charge in [-0.2, -0.15) is 0 Å². The number of pyridine rings is 1. The number of aliphatic hydroxyl groups excluding tert-OH is 2. The standard InChI is InChI=1S/C24H33N5O4/c1-27(2)10-9-24(25)8-7-16-17(15-28(11-13-30)12-14-31)26-29-18-5-4-6-19(33-3)20(18)23(32)21(24)22(16)29/h4-8,26,30-31H,9-15,25H2,1-3H3. The van der Waals surface area contributed by atoms with E-state index in [0.717, 1.165) is 23.3 Å². The second-order valence-electron chi connectivity index (χ2n) is 8.90. The molecule has 0 fully saturated rings. The fourth-order valence-corrected chi connectivity index (χ4v) is 4.72. The number of H-pyrrole nitrogens is 1. The van der Waals surface area contributed by atoms with Crippen molar-refractivity contribution in [2.75, 3.05) is 54.1 Å². The number of hydrogen-bond acceptors (Lipinski definition) is 7. The highest BCUT2D eigenvalue weighted by Crippen LogP contribution is 2.38. The fraction of sp³-hybridized carbons (Fsp3) is 0.458. The van der Waals surface area contributed by atoms with E-state index in [2.05, 4.69) is 10.00 Å². The summed E-state index contributed by atoms with van der Waals surface area (Å²) >= 11 is 0. The molecule has 1 aromatic carbocycles. The lowest BCUT2D eigenvalue weighted by molar-refractivity contribution is 0.154. The summed E-state index contributed by atoms with van der Waals surface area (Å²) in [5, 5.41) is 22.8. The minimum atomic E-state index is -0.927. The summed E-state index contributed by atoms with van der Waals surface area (Å²) in [6, 6.07) is 5.54. The molecule has 0 radical (unpaired) electrons. The molecule has 9 heteroatoms. The molecule has 0 saturated carbocycles. The molecule has 1 atom stereocenters. The maximum absolute atomic E-state index is 13.9. The average molecular weight is 456 g/mol. The predicted molar refractivity (Wildman–Crippen MR) is 130 cm³/mol. The monoisotopic (exact) mass is 455 g/mol. The number of fused-ring (bicyclic) bond motifs is 2. The lowest BCUT2D eigenvalue weighted by Crippen LogP contribution is -2.43. The molecule has 4 rings (SSSR count). The summed E-state index contributed by atoms with van der Waals surface area (Å²) in [6.07, 6.45) is 4.51. The van der Waals surface area contributed by atoms with Crippen LogP contribution in [0.2, 0.25) is 0 Å². The third-order valence-electron chi connectivity index (χ3n) is 6.41. The number of nitrogens with two attached hydrogens (primary N) is 1. The summed E-state index contributed by atoms with van der Waals surface area (Å²) in [6.45, 7) is 2.06. The van der Waals surface area contributed by atoms with E-state index in [1.807, 2.05) is 47.8 Å². The summed E-state index contributed by atoms with van der Waals surface area (Å²) < 4.78 is 7.48. The van der Waals surface area contributed by atoms with Crippen molar-refractivity contribution >= 4 is 22.5 Å². The first-order valence-electron chi connectivity index (χ1n) is 11.2. The van der Waals surface area contributed by atoms with Gasteiger partial charge in [0.15, 0.2) is 5.43 Å². The Morgan fingerprint density at radius 2 is 1.91 bits per heavy atom. The molecule has 0 amide bonds. The van der Waals surface area contributed by atoms with Crippen LogP contribution in [0.3, 0.4) is 0 Å². The van der Waals surface area contributed by atoms with Gasteiger partial charge in [0, 0.05) is 25.2 Å². The second-order valence-corrected chi connectivity index (χ2v) is 8.90. The van der Waals surface area contributed by atoms with Gasteiger partial charge in [-0.1, -0.05) is 18.2 Å². The summed E-state index contributed by atoms with van der Waals surface area (Å²) in [5.41, 5.74) is 9.69. The largest absolute Gasteiger partial charge is 0.496 e. The molecule has 1 unspecified atom stereocenters. The van der Waals surface area contributed by atoms with E-state index in [1.54, 1.807) is 13.2 Å². The highest BCUT2D eigenvalue weighted by molar-refractivity contribution is 5.93. The highest BCUT2D eigenvalue weighted by Gasteiger charge is 2.36. The van der Waals surface area contributed by atoms with Crippen molar-refractivity contribution < 1.29 is 14.9 Å². The van der Waals surface area contributed by atoms with Crippen LogP contribution < -0.4 is 15.9 Å². The Hall–Kier alpha value is -2.69. The Bertz CT molecular complexity index is 1240. The smallest absolute Gasteiger partial charge is 0.199 e. The molecule has 33 heavy (non-hydrogen) atoms. The number of rotatable bonds is 10. The number of ether oxygens (including phenoxy) is 1. The van der Waals surface area contributed by atoms with Crippen molar-refractivity contribution in [3.63, 3.8) is 0 Å². The Kier molecular flexibility index (Phi) is 6.60. The number of nitrogens with one attached hydrogen (secondary N) is 1. The Labute approximate surface area is 192 Å². The molecule has 0 aliphatic heterocycles. The van der Waals surface area contributed by atoms with Crippen LogP contribution in [0, 0.1) is 0 Å². The van der Waals surface area contributed by atoms with Gasteiger partial charge >= 0.3 is 0 Å². The summed E-state index contributed by atoms with van der Waals surface area (Å²) in [4.78, 5) is 17.9. The highest BCUT2D eigenvalue weighted by atomic mass is 16.5. The van der Waals surface area contributed by atoms with E-state index < -0.39 is 5.54 Å². The molecule has 178 valence electrons. The maximum Gasteiger partial charge on any atom is 0.199 e. The molecule has 1 aliphatic rings. The molecule has 5 N–H and O–H groups in total. The van der Waals surface area contributed by atoms with Crippen LogP contribution in [0.4, 0.5) is 0 Å². The van der Waals surface area contributed by atoms with Gasteiger partial charge in [0.2, 0.25) is 0 Å². The van der Waals surface area contributed by atoms with E-state index >= 15 is 0 Å². The van der Waals surface area contributed by atoms with Crippen LogP contribution in [-0.4, -0.2) is 83.7 Å². The van der Waals surface area contributed by atoms with Gasteiger partial charge in [0.1, 0.15) is 5.75 Å². The zero-order valence-electron chi connectivity index (χ0n) is 19.5. The van der Waals surface area contributed by atoms with Gasteiger partial charge in [-0.3, -0.25) is 19.3 Å². The third-order valence-corrected chi connectivity index (χ3v) is 6.41. The van der Waals surface area contributed by atoms with E-state index in [1.165, 1.54) is 0 Å². The zero-order valence-corrected chi connectivity index (χ0v) is 19.5. The Morgan fingerprint density at radius 1 is 1.18 bits per heavy atom. The molecule has 0 saturated heterocycles. The van der Waals surface area contributed by atoms with Gasteiger partial charge in [0.25, 0.3) is 0 Å². The molecular weight excluding hydrogens is 422 g/mol. The average Bonchev–Trinajstić information content (AvgIpc) is 3.15. The van der Waals surface area contributed by atoms with Crippen LogP contribution in [0.1, 0.15) is 23.2 Å². The summed E-state index contributed by atoms with van der Waals surface area (Å²) in [5.74, 6) is 0.507. The molecule has 2 aromatic heterocycles. The van der Waals surface area contributed by atoms with Gasteiger partial charge in [-0.05, 0) is 39.2 Å². The second kappa shape index (κ2) is 9.28. The van der Waals surface area contributed by atoms with Gasteiger partial charge in [-0.15, -0.1) is 0 Å². The first-order valence-corrected chi connectivity index (χ1v) is 11.2. The van der Waals surface area contributed by atoms with Crippen LogP contribution in [0.15, 0.2) is 29.1 Å². The number of aliphatic hydroxyl groups is 2. The number of hydrogen-bond donors (Lipinski definition) is 4. The molecule has 0 spiro atoms. The van der Waals surface area contributed by atoms with Crippen LogP contribution in [0.25, 0.3) is 22.5 Å². The quantitative estimate of drug-likeness (QED) is 0.355. The lowest BCUT2D eigenvalue weighted by Gasteiger charge is -2.31. The van der Waals surface area contributed by atoms with Crippen molar-refractivity contribution in [1.29, 1.82) is 0 Å². The fourth-order valence-electron chi connectivity index (χ4n) is 4.72. The van der Waals surface area contributed by atoms with Crippen molar-refractivity contribution in [3.8, 4) is 5.75 Å². The van der Waals surface area contributed by atoms with E-state index in [4.69, 9.17) is 10.5 Å².